The zero-order chi connectivity index (χ0) is 7.90. The maximum atomic E-state index is 3.72. The fourth-order valence-electron chi connectivity index (χ4n) is 1.88. The summed E-state index contributed by atoms with van der Waals surface area (Å²) >= 11 is 4.25. The third-order valence-corrected chi connectivity index (χ3v) is 5.93. The van der Waals surface area contributed by atoms with E-state index in [9.17, 15) is 0 Å². The highest BCUT2D eigenvalue weighted by molar-refractivity contribution is 8.05. The second kappa shape index (κ2) is 2.86. The molecule has 0 saturated carbocycles. The molecule has 3 atom stereocenters. The molecular weight excluding hydrogens is 174 g/mol. The van der Waals surface area contributed by atoms with E-state index in [1.807, 2.05) is 0 Å². The quantitative estimate of drug-likeness (QED) is 0.625. The van der Waals surface area contributed by atoms with Crippen LogP contribution in [0.2, 0.25) is 0 Å². The molecule has 2 fully saturated rings. The Bertz CT molecular complexity index is 162. The van der Waals surface area contributed by atoms with E-state index in [1.165, 1.54) is 17.9 Å². The molecule has 0 radical (unpaired) electrons. The van der Waals surface area contributed by atoms with Gasteiger partial charge in [0.15, 0.2) is 0 Å². The fourth-order valence-corrected chi connectivity index (χ4v) is 5.06. The molecular formula is C8H15NS2. The topological polar surface area (TPSA) is 12.0 Å². The molecule has 0 aromatic heterocycles. The second-order valence-electron chi connectivity index (χ2n) is 3.51. The fraction of sp³-hybridized carbons (Fsp3) is 1.00. The van der Waals surface area contributed by atoms with Gasteiger partial charge < -0.3 is 0 Å². The number of thioether (sulfide) groups is 2. The monoisotopic (exact) mass is 189 g/mol. The van der Waals surface area contributed by atoms with Crippen molar-refractivity contribution in [2.75, 3.05) is 11.5 Å². The summed E-state index contributed by atoms with van der Waals surface area (Å²) in [6.45, 7) is 4.65. The van der Waals surface area contributed by atoms with Crippen LogP contribution in [0.25, 0.3) is 0 Å². The van der Waals surface area contributed by atoms with Crippen molar-refractivity contribution in [2.45, 2.75) is 36.4 Å². The van der Waals surface area contributed by atoms with Gasteiger partial charge in [-0.1, -0.05) is 6.92 Å². The zero-order valence-electron chi connectivity index (χ0n) is 7.09. The molecule has 2 saturated heterocycles. The molecule has 0 amide bonds. The number of hydrogen-bond donors (Lipinski definition) is 1. The molecule has 2 rings (SSSR count). The minimum atomic E-state index is 0.448. The van der Waals surface area contributed by atoms with Crippen LogP contribution in [0.4, 0.5) is 0 Å². The molecule has 1 N–H and O–H groups in total. The summed E-state index contributed by atoms with van der Waals surface area (Å²) in [6, 6.07) is 0.723. The van der Waals surface area contributed by atoms with Crippen LogP contribution in [0.1, 0.15) is 20.3 Å². The Hall–Kier alpha value is 0.660. The molecule has 64 valence electrons. The first kappa shape index (κ1) is 8.27. The van der Waals surface area contributed by atoms with Crippen molar-refractivity contribution >= 4 is 23.5 Å². The Kier molecular flexibility index (Phi) is 2.15. The van der Waals surface area contributed by atoms with E-state index < -0.39 is 0 Å². The van der Waals surface area contributed by atoms with Crippen molar-refractivity contribution in [1.29, 1.82) is 0 Å². The Morgan fingerprint density at radius 1 is 1.45 bits per heavy atom. The van der Waals surface area contributed by atoms with Crippen molar-refractivity contribution in [2.24, 2.45) is 0 Å². The van der Waals surface area contributed by atoms with E-state index in [0.717, 1.165) is 11.3 Å². The lowest BCUT2D eigenvalue weighted by molar-refractivity contribution is 0.454. The van der Waals surface area contributed by atoms with Crippen molar-refractivity contribution in [3.63, 3.8) is 0 Å². The number of hydrogen-bond acceptors (Lipinski definition) is 3. The first-order chi connectivity index (χ1) is 5.23. The third kappa shape index (κ3) is 1.31. The van der Waals surface area contributed by atoms with Crippen molar-refractivity contribution in [1.82, 2.24) is 5.32 Å². The molecule has 0 aromatic rings. The molecule has 0 bridgehead atoms. The van der Waals surface area contributed by atoms with Gasteiger partial charge >= 0.3 is 0 Å². The normalized spacial score (nSPS) is 50.7. The molecule has 0 aromatic carbocycles. The van der Waals surface area contributed by atoms with E-state index in [0.29, 0.717) is 4.87 Å². The molecule has 2 aliphatic rings. The Labute approximate surface area is 77.1 Å². The minimum absolute atomic E-state index is 0.448. The first-order valence-electron chi connectivity index (χ1n) is 4.26. The molecule has 2 heterocycles. The van der Waals surface area contributed by atoms with Crippen molar-refractivity contribution in [3.05, 3.63) is 0 Å². The summed E-state index contributed by atoms with van der Waals surface area (Å²) in [7, 11) is 0. The Balaban J connectivity index is 2.10. The van der Waals surface area contributed by atoms with Gasteiger partial charge in [0.1, 0.15) is 0 Å². The molecule has 3 unspecified atom stereocenters. The van der Waals surface area contributed by atoms with Gasteiger partial charge in [-0.3, -0.25) is 5.32 Å². The van der Waals surface area contributed by atoms with E-state index >= 15 is 0 Å². The molecule has 11 heavy (non-hydrogen) atoms. The summed E-state index contributed by atoms with van der Waals surface area (Å²) in [4.78, 5) is 0.448. The maximum absolute atomic E-state index is 3.72. The van der Waals surface area contributed by atoms with Gasteiger partial charge in [0, 0.05) is 17.0 Å². The van der Waals surface area contributed by atoms with E-state index in [1.54, 1.807) is 0 Å². The van der Waals surface area contributed by atoms with Crippen LogP contribution in [-0.2, 0) is 0 Å². The van der Waals surface area contributed by atoms with Crippen molar-refractivity contribution in [3.8, 4) is 0 Å². The Morgan fingerprint density at radius 3 is 2.73 bits per heavy atom. The average molecular weight is 189 g/mol. The number of rotatable bonds is 0. The predicted molar refractivity (Wildman–Crippen MR) is 54.3 cm³/mol. The van der Waals surface area contributed by atoms with Gasteiger partial charge in [-0.2, -0.15) is 11.8 Å². The van der Waals surface area contributed by atoms with Gasteiger partial charge in [0.05, 0.1) is 4.87 Å². The highest BCUT2D eigenvalue weighted by Gasteiger charge is 2.45. The smallest absolute Gasteiger partial charge is 0.0773 e. The van der Waals surface area contributed by atoms with Gasteiger partial charge in [-0.05, 0) is 19.1 Å². The number of nitrogens with one attached hydrogen (secondary N) is 1. The zero-order valence-corrected chi connectivity index (χ0v) is 8.73. The lowest BCUT2D eigenvalue weighted by Crippen LogP contribution is -2.44. The lowest BCUT2D eigenvalue weighted by Gasteiger charge is -2.27. The summed E-state index contributed by atoms with van der Waals surface area (Å²) in [5, 5.41) is 4.52. The molecule has 1 spiro atoms. The Morgan fingerprint density at radius 2 is 2.27 bits per heavy atom. The van der Waals surface area contributed by atoms with Gasteiger partial charge in [0.25, 0.3) is 0 Å². The van der Waals surface area contributed by atoms with E-state index in [-0.39, 0.29) is 0 Å². The van der Waals surface area contributed by atoms with Crippen LogP contribution < -0.4 is 5.32 Å². The summed E-state index contributed by atoms with van der Waals surface area (Å²) in [6.07, 6.45) is 1.36. The SMILES string of the molecule is CC1CSC2(CCSC2C)N1. The van der Waals surface area contributed by atoms with Crippen LogP contribution in [0, 0.1) is 0 Å². The summed E-state index contributed by atoms with van der Waals surface area (Å²) in [5.74, 6) is 2.64. The minimum Gasteiger partial charge on any atom is -0.299 e. The summed E-state index contributed by atoms with van der Waals surface area (Å²) < 4.78 is 0. The van der Waals surface area contributed by atoms with Crippen molar-refractivity contribution < 1.29 is 0 Å². The molecule has 3 heteroatoms. The van der Waals surface area contributed by atoms with Gasteiger partial charge in [-0.15, -0.1) is 11.8 Å². The van der Waals surface area contributed by atoms with Crippen LogP contribution in [0.3, 0.4) is 0 Å². The third-order valence-electron chi connectivity index (χ3n) is 2.58. The second-order valence-corrected chi connectivity index (χ2v) is 6.31. The summed E-state index contributed by atoms with van der Waals surface area (Å²) in [5.41, 5.74) is 0. The highest BCUT2D eigenvalue weighted by atomic mass is 32.2. The maximum Gasteiger partial charge on any atom is 0.0773 e. The van der Waals surface area contributed by atoms with Crippen LogP contribution in [0.5, 0.6) is 0 Å². The standard InChI is InChI=1S/C8H15NS2/c1-6-5-11-8(9-6)3-4-10-7(8)2/h6-7,9H,3-5H2,1-2H3. The first-order valence-corrected chi connectivity index (χ1v) is 6.30. The van der Waals surface area contributed by atoms with Crippen LogP contribution >= 0.6 is 23.5 Å². The molecule has 0 aliphatic carbocycles. The largest absolute Gasteiger partial charge is 0.299 e. The highest BCUT2D eigenvalue weighted by Crippen LogP contribution is 2.46. The van der Waals surface area contributed by atoms with Gasteiger partial charge in [0.2, 0.25) is 0 Å². The average Bonchev–Trinajstić information content (AvgIpc) is 2.46. The van der Waals surface area contributed by atoms with Crippen LogP contribution in [-0.4, -0.2) is 27.7 Å². The van der Waals surface area contributed by atoms with E-state index in [4.69, 9.17) is 0 Å². The molecule has 2 aliphatic heterocycles. The van der Waals surface area contributed by atoms with Gasteiger partial charge in [-0.25, -0.2) is 0 Å². The lowest BCUT2D eigenvalue weighted by atomic mass is 10.1. The molecule has 1 nitrogen and oxygen atoms in total. The van der Waals surface area contributed by atoms with E-state index in [2.05, 4.69) is 42.7 Å². The van der Waals surface area contributed by atoms with Crippen LogP contribution in [0.15, 0.2) is 0 Å². The predicted octanol–water partition coefficient (Wildman–Crippen LogP) is 1.93.